The fourth-order valence-corrected chi connectivity index (χ4v) is 2.41. The first-order valence-electron chi connectivity index (χ1n) is 7.38. The van der Waals surface area contributed by atoms with Crippen LogP contribution in [0.2, 0.25) is 0 Å². The Labute approximate surface area is 123 Å². The summed E-state index contributed by atoms with van der Waals surface area (Å²) in [6, 6.07) is 6.86. The molecule has 0 bridgehead atoms. The maximum Gasteiger partial charge on any atom is 0.329 e. The van der Waals surface area contributed by atoms with Crippen LogP contribution >= 0.6 is 0 Å². The second-order valence-corrected chi connectivity index (χ2v) is 5.97. The third-order valence-corrected chi connectivity index (χ3v) is 4.27. The van der Waals surface area contributed by atoms with Crippen molar-refractivity contribution in [3.8, 4) is 5.75 Å². The first-order valence-corrected chi connectivity index (χ1v) is 7.38. The van der Waals surface area contributed by atoms with Crippen LogP contribution < -0.4 is 10.1 Å². The van der Waals surface area contributed by atoms with Crippen molar-refractivity contribution >= 4 is 11.9 Å². The van der Waals surface area contributed by atoms with Crippen LogP contribution in [0.1, 0.15) is 42.5 Å². The Hall–Kier alpha value is -2.04. The molecule has 21 heavy (non-hydrogen) atoms. The molecule has 112 valence electrons. The zero-order chi connectivity index (χ0) is 14.9. The molecule has 5 nitrogen and oxygen atoms in total. The highest BCUT2D eigenvalue weighted by Gasteiger charge is 2.45. The lowest BCUT2D eigenvalue weighted by atomic mass is 9.76. The summed E-state index contributed by atoms with van der Waals surface area (Å²) in [5.74, 6) is 0.134. The molecule has 0 atom stereocenters. The minimum Gasteiger partial charge on any atom is -0.493 e. The van der Waals surface area contributed by atoms with Gasteiger partial charge in [-0.25, -0.2) is 4.79 Å². The van der Waals surface area contributed by atoms with Crippen molar-refractivity contribution in [2.45, 2.75) is 37.6 Å². The maximum atomic E-state index is 12.1. The van der Waals surface area contributed by atoms with Gasteiger partial charge in [-0.2, -0.15) is 0 Å². The fraction of sp³-hybridized carbons (Fsp3) is 0.500. The van der Waals surface area contributed by atoms with Crippen molar-refractivity contribution in [1.29, 1.82) is 0 Å². The third kappa shape index (κ3) is 3.01. The molecule has 5 heteroatoms. The third-order valence-electron chi connectivity index (χ3n) is 4.27. The Kier molecular flexibility index (Phi) is 3.57. The Bertz CT molecular complexity index is 544. The summed E-state index contributed by atoms with van der Waals surface area (Å²) in [6.07, 6.45) is 4.29. The molecule has 1 amide bonds. The zero-order valence-electron chi connectivity index (χ0n) is 11.8. The number of aliphatic carboxylic acids is 1. The minimum absolute atomic E-state index is 0.342. The van der Waals surface area contributed by atoms with Crippen LogP contribution in [0.15, 0.2) is 24.3 Å². The molecule has 0 unspecified atom stereocenters. The monoisotopic (exact) mass is 289 g/mol. The number of nitrogens with one attached hydrogen (secondary N) is 1. The van der Waals surface area contributed by atoms with Gasteiger partial charge in [0.15, 0.2) is 0 Å². The van der Waals surface area contributed by atoms with Crippen molar-refractivity contribution in [3.63, 3.8) is 0 Å². The Balaban J connectivity index is 1.60. The summed E-state index contributed by atoms with van der Waals surface area (Å²) >= 11 is 0. The van der Waals surface area contributed by atoms with Crippen LogP contribution in [-0.4, -0.2) is 29.1 Å². The number of carboxylic acids is 1. The average Bonchev–Trinajstić information content (AvgIpc) is 3.24. The number of carbonyl (C=O) groups is 2. The van der Waals surface area contributed by atoms with Gasteiger partial charge in [0, 0.05) is 5.56 Å². The van der Waals surface area contributed by atoms with Gasteiger partial charge in [-0.15, -0.1) is 0 Å². The van der Waals surface area contributed by atoms with Gasteiger partial charge in [0.25, 0.3) is 5.91 Å². The second kappa shape index (κ2) is 5.39. The van der Waals surface area contributed by atoms with Crippen molar-refractivity contribution in [1.82, 2.24) is 5.32 Å². The largest absolute Gasteiger partial charge is 0.493 e. The van der Waals surface area contributed by atoms with Crippen LogP contribution in [0.3, 0.4) is 0 Å². The average molecular weight is 289 g/mol. The van der Waals surface area contributed by atoms with E-state index in [2.05, 4.69) is 5.32 Å². The van der Waals surface area contributed by atoms with Crippen LogP contribution in [0.25, 0.3) is 0 Å². The summed E-state index contributed by atoms with van der Waals surface area (Å²) in [5, 5.41) is 11.9. The molecule has 2 N–H and O–H groups in total. The summed E-state index contributed by atoms with van der Waals surface area (Å²) < 4.78 is 5.61. The van der Waals surface area contributed by atoms with Gasteiger partial charge in [-0.3, -0.25) is 4.79 Å². The quantitative estimate of drug-likeness (QED) is 0.842. The molecule has 0 spiro atoms. The number of benzene rings is 1. The minimum atomic E-state index is -1.07. The van der Waals surface area contributed by atoms with Crippen LogP contribution in [0.4, 0.5) is 0 Å². The molecule has 3 rings (SSSR count). The number of carbonyl (C=O) groups excluding carboxylic acids is 1. The van der Waals surface area contributed by atoms with Gasteiger partial charge in [0.05, 0.1) is 6.61 Å². The molecule has 2 aliphatic rings. The van der Waals surface area contributed by atoms with E-state index in [-0.39, 0.29) is 5.91 Å². The van der Waals surface area contributed by atoms with Crippen molar-refractivity contribution < 1.29 is 19.4 Å². The van der Waals surface area contributed by atoms with Gasteiger partial charge in [0.1, 0.15) is 11.3 Å². The summed E-state index contributed by atoms with van der Waals surface area (Å²) in [7, 11) is 0. The highest BCUT2D eigenvalue weighted by molar-refractivity contribution is 5.98. The Morgan fingerprint density at radius 1 is 1.24 bits per heavy atom. The van der Waals surface area contributed by atoms with E-state index in [1.54, 1.807) is 24.3 Å². The van der Waals surface area contributed by atoms with E-state index in [0.29, 0.717) is 24.3 Å². The Morgan fingerprint density at radius 3 is 2.38 bits per heavy atom. The molecule has 2 saturated carbocycles. The van der Waals surface area contributed by atoms with Gasteiger partial charge in [-0.1, -0.05) is 0 Å². The van der Waals surface area contributed by atoms with E-state index in [0.717, 1.165) is 18.8 Å². The Morgan fingerprint density at radius 2 is 1.90 bits per heavy atom. The predicted molar refractivity (Wildman–Crippen MR) is 76.3 cm³/mol. The van der Waals surface area contributed by atoms with Crippen LogP contribution in [0.5, 0.6) is 5.75 Å². The number of hydrogen-bond acceptors (Lipinski definition) is 3. The molecule has 0 heterocycles. The molecule has 2 aliphatic carbocycles. The first kappa shape index (κ1) is 13.9. The molecular formula is C16H19NO4. The molecule has 1 aromatic carbocycles. The lowest BCUT2D eigenvalue weighted by molar-refractivity contribution is -0.148. The number of ether oxygens (including phenoxy) is 1. The van der Waals surface area contributed by atoms with Crippen molar-refractivity contribution in [3.05, 3.63) is 29.8 Å². The van der Waals surface area contributed by atoms with E-state index in [1.807, 2.05) is 0 Å². The van der Waals surface area contributed by atoms with E-state index in [9.17, 15) is 14.7 Å². The molecule has 0 radical (unpaired) electrons. The molecule has 0 aromatic heterocycles. The van der Waals surface area contributed by atoms with Gasteiger partial charge < -0.3 is 15.2 Å². The molecule has 0 saturated heterocycles. The lowest BCUT2D eigenvalue weighted by Crippen LogP contribution is -2.59. The van der Waals surface area contributed by atoms with E-state index in [1.165, 1.54) is 12.8 Å². The van der Waals surface area contributed by atoms with Gasteiger partial charge in [-0.05, 0) is 62.3 Å². The molecular weight excluding hydrogens is 270 g/mol. The van der Waals surface area contributed by atoms with E-state index >= 15 is 0 Å². The fourth-order valence-electron chi connectivity index (χ4n) is 2.41. The predicted octanol–water partition coefficient (Wildman–Crippen LogP) is 2.21. The number of amides is 1. The lowest BCUT2D eigenvalue weighted by Gasteiger charge is -2.38. The molecule has 0 aliphatic heterocycles. The normalized spacial score (nSPS) is 19.4. The SMILES string of the molecule is O=C(NC1(C(=O)O)CCC1)c1ccc(OCC2CC2)cc1. The maximum absolute atomic E-state index is 12.1. The number of hydrogen-bond donors (Lipinski definition) is 2. The summed E-state index contributed by atoms with van der Waals surface area (Å²) in [6.45, 7) is 0.730. The molecule has 2 fully saturated rings. The highest BCUT2D eigenvalue weighted by atomic mass is 16.5. The second-order valence-electron chi connectivity index (χ2n) is 5.97. The number of carboxylic acid groups (broad SMARTS) is 1. The first-order chi connectivity index (χ1) is 10.1. The summed E-state index contributed by atoms with van der Waals surface area (Å²) in [4.78, 5) is 23.4. The van der Waals surface area contributed by atoms with Crippen LogP contribution in [0, 0.1) is 5.92 Å². The van der Waals surface area contributed by atoms with Gasteiger partial charge >= 0.3 is 5.97 Å². The zero-order valence-corrected chi connectivity index (χ0v) is 11.8. The van der Waals surface area contributed by atoms with Crippen LogP contribution in [-0.2, 0) is 4.79 Å². The smallest absolute Gasteiger partial charge is 0.329 e. The topological polar surface area (TPSA) is 75.6 Å². The standard InChI is InChI=1S/C16H19NO4/c18-14(17-16(15(19)20)8-1-9-16)12-4-6-13(7-5-12)21-10-11-2-3-11/h4-7,11H,1-3,8-10H2,(H,17,18)(H,19,20). The van der Waals surface area contributed by atoms with E-state index < -0.39 is 11.5 Å². The van der Waals surface area contributed by atoms with Crippen molar-refractivity contribution in [2.24, 2.45) is 5.92 Å². The highest BCUT2D eigenvalue weighted by Crippen LogP contribution is 2.32. The van der Waals surface area contributed by atoms with Gasteiger partial charge in [0.2, 0.25) is 0 Å². The number of rotatable bonds is 6. The van der Waals surface area contributed by atoms with E-state index in [4.69, 9.17) is 4.74 Å². The molecule has 1 aromatic rings. The van der Waals surface area contributed by atoms with Crippen molar-refractivity contribution in [2.75, 3.05) is 6.61 Å². The summed E-state index contributed by atoms with van der Waals surface area (Å²) in [5.41, 5.74) is -0.612.